The molecular weight excluding hydrogens is 498 g/mol. The summed E-state index contributed by atoms with van der Waals surface area (Å²) < 4.78 is 22.5. The third kappa shape index (κ3) is 3.77. The minimum atomic E-state index is -0.914. The monoisotopic (exact) mass is 517 g/mol. The third-order valence-electron chi connectivity index (χ3n) is 6.36. The van der Waals surface area contributed by atoms with Crippen LogP contribution in [0.2, 0.25) is 5.02 Å². The molecule has 6 rings (SSSR count). The lowest BCUT2D eigenvalue weighted by Crippen LogP contribution is -2.31. The summed E-state index contributed by atoms with van der Waals surface area (Å²) >= 11 is 6.18. The molecule has 2 aliphatic rings. The fourth-order valence-electron chi connectivity index (χ4n) is 4.72. The molecule has 3 aromatic carbocycles. The van der Waals surface area contributed by atoms with Crippen LogP contribution in [-0.4, -0.2) is 37.1 Å². The molecule has 0 saturated heterocycles. The number of fused-ring (bicyclic) bond motifs is 2. The van der Waals surface area contributed by atoms with E-state index in [4.69, 9.17) is 30.2 Å². The van der Waals surface area contributed by atoms with Gasteiger partial charge in [-0.1, -0.05) is 41.9 Å². The van der Waals surface area contributed by atoms with Gasteiger partial charge in [0.25, 0.3) is 5.91 Å². The van der Waals surface area contributed by atoms with Crippen LogP contribution in [0.25, 0.3) is 11.0 Å². The number of carbonyl (C=O) groups is 2. The van der Waals surface area contributed by atoms with E-state index in [-0.39, 0.29) is 11.3 Å². The van der Waals surface area contributed by atoms with Gasteiger partial charge in [0.05, 0.1) is 18.7 Å². The van der Waals surface area contributed by atoms with E-state index < -0.39 is 23.5 Å². The fraction of sp³-hybridized carbons (Fsp3) is 0.143. The number of carbonyl (C=O) groups excluding carboxylic acids is 2. The number of anilines is 1. The van der Waals surface area contributed by atoms with Gasteiger partial charge in [0.1, 0.15) is 13.2 Å². The average molecular weight is 518 g/mol. The van der Waals surface area contributed by atoms with Crippen LogP contribution in [0, 0.1) is 0 Å². The summed E-state index contributed by atoms with van der Waals surface area (Å²) in [7, 11) is 1.47. The third-order valence-corrected chi connectivity index (χ3v) is 6.58. The molecule has 9 heteroatoms. The van der Waals surface area contributed by atoms with Gasteiger partial charge in [0.2, 0.25) is 5.78 Å². The van der Waals surface area contributed by atoms with E-state index in [1.165, 1.54) is 18.1 Å². The maximum Gasteiger partial charge on any atom is 0.294 e. The fourth-order valence-corrected chi connectivity index (χ4v) is 4.93. The highest BCUT2D eigenvalue weighted by atomic mass is 35.5. The minimum Gasteiger partial charge on any atom is -0.503 e. The van der Waals surface area contributed by atoms with Crippen LogP contribution in [0.4, 0.5) is 5.69 Å². The number of ether oxygens (including phenoxy) is 3. The zero-order valence-corrected chi connectivity index (χ0v) is 20.3. The number of ketones is 1. The molecule has 0 radical (unpaired) electrons. The van der Waals surface area contributed by atoms with E-state index in [2.05, 4.69) is 0 Å². The molecule has 8 nitrogen and oxygen atoms in total. The van der Waals surface area contributed by atoms with Gasteiger partial charge in [0, 0.05) is 28.2 Å². The van der Waals surface area contributed by atoms with Crippen LogP contribution >= 0.6 is 11.6 Å². The number of benzene rings is 3. The quantitative estimate of drug-likeness (QED) is 0.341. The maximum atomic E-state index is 13.8. The maximum absolute atomic E-state index is 13.8. The van der Waals surface area contributed by atoms with E-state index in [9.17, 15) is 14.7 Å². The Morgan fingerprint density at radius 3 is 2.54 bits per heavy atom. The van der Waals surface area contributed by atoms with Crippen LogP contribution in [0.3, 0.4) is 0 Å². The number of rotatable bonds is 5. The van der Waals surface area contributed by atoms with Crippen molar-refractivity contribution in [1.29, 1.82) is 0 Å². The number of hydrogen-bond donors (Lipinski definition) is 1. The van der Waals surface area contributed by atoms with Crippen molar-refractivity contribution >= 4 is 39.9 Å². The Morgan fingerprint density at radius 1 is 1.03 bits per heavy atom. The summed E-state index contributed by atoms with van der Waals surface area (Å²) in [4.78, 5) is 28.7. The van der Waals surface area contributed by atoms with Crippen LogP contribution in [-0.2, 0) is 4.79 Å². The first kappa shape index (κ1) is 23.0. The van der Waals surface area contributed by atoms with Gasteiger partial charge in [0.15, 0.2) is 34.4 Å². The molecule has 186 valence electrons. The first-order valence-electron chi connectivity index (χ1n) is 11.5. The summed E-state index contributed by atoms with van der Waals surface area (Å²) in [6, 6.07) is 17.9. The Hall–Kier alpha value is -4.43. The van der Waals surface area contributed by atoms with Crippen molar-refractivity contribution in [3.05, 3.63) is 94.4 Å². The lowest BCUT2D eigenvalue weighted by Gasteiger charge is -2.28. The number of Topliss-reactive ketones (excluding diaryl/α,β-unsaturated/α-hetero) is 1. The van der Waals surface area contributed by atoms with Crippen LogP contribution in [0.5, 0.6) is 17.2 Å². The lowest BCUT2D eigenvalue weighted by atomic mass is 9.94. The summed E-state index contributed by atoms with van der Waals surface area (Å²) in [6.45, 7) is 0.801. The zero-order valence-electron chi connectivity index (χ0n) is 19.6. The summed E-state index contributed by atoms with van der Waals surface area (Å²) in [5.74, 6) is -0.668. The SMILES string of the molecule is COc1cc(Cl)cc2cc(C(=O)C3=C(O)C(=O)N(c4ccc5c(c4)OCCO5)C3c3ccccc3)oc12. The minimum absolute atomic E-state index is 0.0603. The Morgan fingerprint density at radius 2 is 1.78 bits per heavy atom. The summed E-state index contributed by atoms with van der Waals surface area (Å²) in [5.41, 5.74) is 1.31. The number of furan rings is 1. The zero-order chi connectivity index (χ0) is 25.7. The second-order valence-corrected chi connectivity index (χ2v) is 8.98. The van der Waals surface area contributed by atoms with Crippen molar-refractivity contribution in [2.75, 3.05) is 25.2 Å². The van der Waals surface area contributed by atoms with E-state index in [1.807, 2.05) is 6.07 Å². The predicted octanol–water partition coefficient (Wildman–Crippen LogP) is 5.65. The molecule has 2 aliphatic heterocycles. The number of amides is 1. The lowest BCUT2D eigenvalue weighted by molar-refractivity contribution is -0.117. The highest BCUT2D eigenvalue weighted by Gasteiger charge is 2.45. The summed E-state index contributed by atoms with van der Waals surface area (Å²) in [6.07, 6.45) is 0. The number of aliphatic hydroxyl groups excluding tert-OH is 1. The molecule has 1 amide bonds. The average Bonchev–Trinajstić information content (AvgIpc) is 3.46. The van der Waals surface area contributed by atoms with Crippen molar-refractivity contribution in [2.45, 2.75) is 6.04 Å². The Balaban J connectivity index is 1.48. The molecule has 1 aromatic heterocycles. The highest BCUT2D eigenvalue weighted by Crippen LogP contribution is 2.45. The normalized spacial score (nSPS) is 17.0. The molecule has 1 atom stereocenters. The van der Waals surface area contributed by atoms with Crippen LogP contribution < -0.4 is 19.1 Å². The van der Waals surface area contributed by atoms with E-state index in [1.54, 1.807) is 54.6 Å². The molecule has 0 aliphatic carbocycles. The van der Waals surface area contributed by atoms with E-state index >= 15 is 0 Å². The molecule has 0 spiro atoms. The van der Waals surface area contributed by atoms with Gasteiger partial charge in [-0.25, -0.2) is 0 Å². The first-order valence-corrected chi connectivity index (χ1v) is 11.9. The van der Waals surface area contributed by atoms with Gasteiger partial charge < -0.3 is 23.7 Å². The van der Waals surface area contributed by atoms with Crippen molar-refractivity contribution in [2.24, 2.45) is 0 Å². The number of nitrogens with zero attached hydrogens (tertiary/aromatic N) is 1. The second kappa shape index (κ2) is 8.90. The Labute approximate surface area is 216 Å². The topological polar surface area (TPSA) is 98.4 Å². The Bertz CT molecular complexity index is 1590. The number of halogens is 1. The molecule has 1 unspecified atom stereocenters. The molecule has 37 heavy (non-hydrogen) atoms. The largest absolute Gasteiger partial charge is 0.503 e. The van der Waals surface area contributed by atoms with E-state index in [0.29, 0.717) is 57.7 Å². The van der Waals surface area contributed by atoms with Crippen molar-refractivity contribution in [3.63, 3.8) is 0 Å². The highest BCUT2D eigenvalue weighted by molar-refractivity contribution is 6.31. The van der Waals surface area contributed by atoms with Gasteiger partial charge in [-0.15, -0.1) is 0 Å². The van der Waals surface area contributed by atoms with Gasteiger partial charge in [-0.3, -0.25) is 14.5 Å². The standard InChI is InChI=1S/C28H20ClNO7/c1-34-22-13-17(29)11-16-12-21(37-27(16)22)25(31)23-24(15-5-3-2-4-6-15)30(28(33)26(23)32)18-7-8-19-20(14-18)36-10-9-35-19/h2-8,11-14,24,32H,9-10H2,1H3. The van der Waals surface area contributed by atoms with Crippen LogP contribution in [0.1, 0.15) is 22.2 Å². The van der Waals surface area contributed by atoms with Crippen molar-refractivity contribution in [1.82, 2.24) is 0 Å². The Kier molecular flexibility index (Phi) is 5.53. The first-order chi connectivity index (χ1) is 18.0. The van der Waals surface area contributed by atoms with Crippen molar-refractivity contribution in [3.8, 4) is 17.2 Å². The van der Waals surface area contributed by atoms with Gasteiger partial charge in [-0.05, 0) is 29.8 Å². The molecule has 0 bridgehead atoms. The number of aliphatic hydroxyl groups is 1. The summed E-state index contributed by atoms with van der Waals surface area (Å²) in [5, 5.41) is 12.0. The van der Waals surface area contributed by atoms with Gasteiger partial charge >= 0.3 is 0 Å². The predicted molar refractivity (Wildman–Crippen MR) is 136 cm³/mol. The molecule has 1 N–H and O–H groups in total. The molecule has 0 saturated carbocycles. The van der Waals surface area contributed by atoms with Crippen molar-refractivity contribution < 1.29 is 33.3 Å². The molecular formula is C28H20ClNO7. The second-order valence-electron chi connectivity index (χ2n) is 8.54. The molecule has 0 fully saturated rings. The number of methoxy groups -OCH3 is 1. The smallest absolute Gasteiger partial charge is 0.294 e. The van der Waals surface area contributed by atoms with E-state index in [0.717, 1.165) is 0 Å². The molecule has 3 heterocycles. The van der Waals surface area contributed by atoms with Gasteiger partial charge in [-0.2, -0.15) is 0 Å². The molecule has 4 aromatic rings. The number of hydrogen-bond acceptors (Lipinski definition) is 7. The van der Waals surface area contributed by atoms with Crippen LogP contribution in [0.15, 0.2) is 82.5 Å².